The second kappa shape index (κ2) is 7.48. The van der Waals surface area contributed by atoms with Crippen LogP contribution in [0.1, 0.15) is 19.8 Å². The second-order valence-electron chi connectivity index (χ2n) is 5.54. The summed E-state index contributed by atoms with van der Waals surface area (Å²) in [5.74, 6) is 1.11. The molecule has 0 aliphatic carbocycles. The van der Waals surface area contributed by atoms with Gasteiger partial charge in [-0.05, 0) is 24.6 Å². The Labute approximate surface area is 144 Å². The second-order valence-corrected chi connectivity index (χ2v) is 6.54. The zero-order valence-corrected chi connectivity index (χ0v) is 14.2. The van der Waals surface area contributed by atoms with E-state index in [1.54, 1.807) is 33.9 Å². The van der Waals surface area contributed by atoms with Crippen molar-refractivity contribution in [3.63, 3.8) is 0 Å². The van der Waals surface area contributed by atoms with Gasteiger partial charge in [0, 0.05) is 17.9 Å². The highest BCUT2D eigenvalue weighted by atomic mass is 32.2. The number of anilines is 1. The van der Waals surface area contributed by atoms with Gasteiger partial charge in [0.2, 0.25) is 11.8 Å². The Balaban J connectivity index is 1.70. The van der Waals surface area contributed by atoms with Gasteiger partial charge in [-0.3, -0.25) is 14.2 Å². The number of nitrogens with one attached hydrogen (secondary N) is 1. The molecule has 1 unspecified atom stereocenters. The molecule has 0 saturated carbocycles. The van der Waals surface area contributed by atoms with Gasteiger partial charge in [0.1, 0.15) is 18.7 Å². The summed E-state index contributed by atoms with van der Waals surface area (Å²) in [5.41, 5.74) is 1.54. The van der Waals surface area contributed by atoms with Crippen LogP contribution in [0.3, 0.4) is 0 Å². The van der Waals surface area contributed by atoms with E-state index in [1.165, 1.54) is 0 Å². The van der Waals surface area contributed by atoms with E-state index in [0.29, 0.717) is 23.7 Å². The van der Waals surface area contributed by atoms with Gasteiger partial charge in [-0.1, -0.05) is 13.0 Å². The minimum atomic E-state index is -0.410. The van der Waals surface area contributed by atoms with Gasteiger partial charge >= 0.3 is 0 Å². The van der Waals surface area contributed by atoms with Crippen molar-refractivity contribution < 1.29 is 9.59 Å². The van der Waals surface area contributed by atoms with Crippen LogP contribution in [0.25, 0.3) is 5.69 Å². The predicted octanol–water partition coefficient (Wildman–Crippen LogP) is 1.91. The molecule has 1 atom stereocenters. The summed E-state index contributed by atoms with van der Waals surface area (Å²) < 4.78 is 1.76. The van der Waals surface area contributed by atoms with Crippen molar-refractivity contribution in [1.82, 2.24) is 19.7 Å². The number of aromatic nitrogens is 3. The van der Waals surface area contributed by atoms with E-state index in [4.69, 9.17) is 0 Å². The molecule has 0 spiro atoms. The highest BCUT2D eigenvalue weighted by molar-refractivity contribution is 7.99. The molecule has 126 valence electrons. The summed E-state index contributed by atoms with van der Waals surface area (Å²) >= 11 is 1.61. The molecule has 2 aromatic rings. The number of thioether (sulfide) groups is 1. The van der Waals surface area contributed by atoms with E-state index >= 15 is 0 Å². The van der Waals surface area contributed by atoms with Crippen molar-refractivity contribution >= 4 is 29.3 Å². The quantitative estimate of drug-likeness (QED) is 0.895. The SMILES string of the molecule is CCCC(=O)N1CSCC1C(=O)Nc1cccc(-n2cnnc2)c1. The molecule has 24 heavy (non-hydrogen) atoms. The van der Waals surface area contributed by atoms with E-state index < -0.39 is 6.04 Å². The Hall–Kier alpha value is -2.35. The average Bonchev–Trinajstić information content (AvgIpc) is 3.27. The average molecular weight is 345 g/mol. The van der Waals surface area contributed by atoms with Crippen molar-refractivity contribution in [3.8, 4) is 5.69 Å². The molecular weight excluding hydrogens is 326 g/mol. The van der Waals surface area contributed by atoms with Gasteiger partial charge in [-0.15, -0.1) is 22.0 Å². The molecule has 0 radical (unpaired) electrons. The largest absolute Gasteiger partial charge is 0.324 e. The van der Waals surface area contributed by atoms with Crippen LogP contribution in [0.5, 0.6) is 0 Å². The number of carbonyl (C=O) groups is 2. The molecule has 2 heterocycles. The summed E-state index contributed by atoms with van der Waals surface area (Å²) in [6, 6.07) is 7.02. The number of nitrogens with zero attached hydrogens (tertiary/aromatic N) is 4. The first kappa shape index (κ1) is 16.5. The van der Waals surface area contributed by atoms with E-state index in [2.05, 4.69) is 15.5 Å². The summed E-state index contributed by atoms with van der Waals surface area (Å²) in [6.45, 7) is 1.96. The number of hydrogen-bond acceptors (Lipinski definition) is 5. The first-order valence-electron chi connectivity index (χ1n) is 7.82. The normalized spacial score (nSPS) is 17.0. The lowest BCUT2D eigenvalue weighted by Gasteiger charge is -2.23. The smallest absolute Gasteiger partial charge is 0.248 e. The van der Waals surface area contributed by atoms with Gasteiger partial charge < -0.3 is 10.2 Å². The van der Waals surface area contributed by atoms with Crippen LogP contribution in [-0.2, 0) is 9.59 Å². The maximum Gasteiger partial charge on any atom is 0.248 e. The number of benzene rings is 1. The summed E-state index contributed by atoms with van der Waals surface area (Å²) in [4.78, 5) is 26.4. The van der Waals surface area contributed by atoms with Gasteiger partial charge in [0.25, 0.3) is 0 Å². The lowest BCUT2D eigenvalue weighted by atomic mass is 10.2. The summed E-state index contributed by atoms with van der Waals surface area (Å²) in [5, 5.41) is 10.5. The lowest BCUT2D eigenvalue weighted by molar-refractivity contribution is -0.136. The van der Waals surface area contributed by atoms with Crippen LogP contribution >= 0.6 is 11.8 Å². The van der Waals surface area contributed by atoms with E-state index in [9.17, 15) is 9.59 Å². The van der Waals surface area contributed by atoms with Crippen molar-refractivity contribution in [2.75, 3.05) is 16.9 Å². The predicted molar refractivity (Wildman–Crippen MR) is 92.9 cm³/mol. The topological polar surface area (TPSA) is 80.1 Å². The highest BCUT2D eigenvalue weighted by Gasteiger charge is 2.34. The summed E-state index contributed by atoms with van der Waals surface area (Å²) in [7, 11) is 0. The zero-order chi connectivity index (χ0) is 16.9. The minimum Gasteiger partial charge on any atom is -0.324 e. The van der Waals surface area contributed by atoms with Crippen molar-refractivity contribution in [1.29, 1.82) is 0 Å². The van der Waals surface area contributed by atoms with Crippen molar-refractivity contribution in [2.24, 2.45) is 0 Å². The third-order valence-corrected chi connectivity index (χ3v) is 4.81. The number of rotatable bonds is 5. The molecule has 1 aliphatic heterocycles. The molecular formula is C16H19N5O2S. The van der Waals surface area contributed by atoms with Crippen LogP contribution < -0.4 is 5.32 Å². The Morgan fingerprint density at radius 3 is 2.88 bits per heavy atom. The van der Waals surface area contributed by atoms with Gasteiger partial charge in [0.15, 0.2) is 0 Å². The number of hydrogen-bond donors (Lipinski definition) is 1. The Morgan fingerprint density at radius 2 is 2.12 bits per heavy atom. The van der Waals surface area contributed by atoms with Gasteiger partial charge in [-0.25, -0.2) is 0 Å². The molecule has 8 heteroatoms. The summed E-state index contributed by atoms with van der Waals surface area (Å²) in [6.07, 6.45) is 4.46. The standard InChI is InChI=1S/C16H19N5O2S/c1-2-4-15(22)21-11-24-8-14(21)16(23)19-12-5-3-6-13(7-12)20-9-17-18-10-20/h3,5-7,9-10,14H,2,4,8,11H2,1H3,(H,19,23). The van der Waals surface area contributed by atoms with Crippen LogP contribution in [0.4, 0.5) is 5.69 Å². The Kier molecular flexibility index (Phi) is 5.14. The number of carbonyl (C=O) groups excluding carboxylic acids is 2. The molecule has 2 amide bonds. The molecule has 7 nitrogen and oxygen atoms in total. The lowest BCUT2D eigenvalue weighted by Crippen LogP contribution is -2.44. The molecule has 1 N–H and O–H groups in total. The van der Waals surface area contributed by atoms with E-state index in [-0.39, 0.29) is 11.8 Å². The third-order valence-electron chi connectivity index (χ3n) is 3.80. The Bertz CT molecular complexity index is 719. The van der Waals surface area contributed by atoms with Crippen LogP contribution in [0, 0.1) is 0 Å². The minimum absolute atomic E-state index is 0.0425. The van der Waals surface area contributed by atoms with E-state index in [0.717, 1.165) is 12.1 Å². The van der Waals surface area contributed by atoms with Crippen LogP contribution in [0.15, 0.2) is 36.9 Å². The molecule has 1 aromatic carbocycles. The molecule has 3 rings (SSSR count). The monoisotopic (exact) mass is 345 g/mol. The van der Waals surface area contributed by atoms with Crippen molar-refractivity contribution in [2.45, 2.75) is 25.8 Å². The van der Waals surface area contributed by atoms with Crippen LogP contribution in [-0.4, -0.2) is 49.2 Å². The molecule has 1 aliphatic rings. The van der Waals surface area contributed by atoms with Gasteiger partial charge in [-0.2, -0.15) is 0 Å². The molecule has 1 fully saturated rings. The fraction of sp³-hybridized carbons (Fsp3) is 0.375. The van der Waals surface area contributed by atoms with Crippen LogP contribution in [0.2, 0.25) is 0 Å². The fourth-order valence-corrected chi connectivity index (χ4v) is 3.75. The molecule has 0 bridgehead atoms. The maximum absolute atomic E-state index is 12.6. The highest BCUT2D eigenvalue weighted by Crippen LogP contribution is 2.24. The van der Waals surface area contributed by atoms with Gasteiger partial charge in [0.05, 0.1) is 11.6 Å². The van der Waals surface area contributed by atoms with E-state index in [1.807, 2.05) is 31.2 Å². The van der Waals surface area contributed by atoms with Crippen molar-refractivity contribution in [3.05, 3.63) is 36.9 Å². The number of amides is 2. The first-order valence-corrected chi connectivity index (χ1v) is 8.97. The third kappa shape index (κ3) is 3.59. The fourth-order valence-electron chi connectivity index (χ4n) is 2.57. The maximum atomic E-state index is 12.6. The zero-order valence-electron chi connectivity index (χ0n) is 13.4. The molecule has 1 aromatic heterocycles. The molecule has 1 saturated heterocycles. The first-order chi connectivity index (χ1) is 11.7. The Morgan fingerprint density at radius 1 is 1.33 bits per heavy atom.